The van der Waals surface area contributed by atoms with E-state index >= 15 is 0 Å². The van der Waals surface area contributed by atoms with E-state index < -0.39 is 301 Å². The molecular formula is C93H155N31O26. The molecule has 57 nitrogen and oxygen atoms in total. The number of hydrogen-bond acceptors (Lipinski definition) is 28. The Hall–Kier alpha value is -15.5. The lowest BCUT2D eigenvalue weighted by Crippen LogP contribution is -2.63. The highest BCUT2D eigenvalue weighted by Gasteiger charge is 2.41. The Balaban J connectivity index is 2.39. The zero-order chi connectivity index (χ0) is 114. The fourth-order valence-electron chi connectivity index (χ4n) is 14.4. The summed E-state index contributed by atoms with van der Waals surface area (Å²) in [6, 6.07) is -18.7. The molecule has 0 unspecified atom stereocenters. The molecule has 1 heterocycles. The average Bonchev–Trinajstić information content (AvgIpc) is 0.892. The highest BCUT2D eigenvalue weighted by Crippen LogP contribution is 2.17. The van der Waals surface area contributed by atoms with Gasteiger partial charge >= 0.3 is 17.9 Å². The van der Waals surface area contributed by atoms with Crippen LogP contribution in [0.1, 0.15) is 199 Å². The number of benzene rings is 1. The van der Waals surface area contributed by atoms with Crippen molar-refractivity contribution in [3.63, 3.8) is 0 Å². The normalized spacial score (nSPS) is 14.9. The summed E-state index contributed by atoms with van der Waals surface area (Å²) in [5.41, 5.74) is 22.5. The topological polar surface area (TPSA) is 925 Å². The smallest absolute Gasteiger partial charge is 0.326 e. The van der Waals surface area contributed by atoms with Gasteiger partial charge in [0, 0.05) is 50.8 Å². The van der Waals surface area contributed by atoms with E-state index in [-0.39, 0.29) is 114 Å². The third-order valence-electron chi connectivity index (χ3n) is 22.6. The van der Waals surface area contributed by atoms with Crippen molar-refractivity contribution in [1.29, 1.82) is 16.2 Å². The van der Waals surface area contributed by atoms with E-state index in [2.05, 4.69) is 127 Å². The van der Waals surface area contributed by atoms with E-state index in [1.807, 2.05) is 0 Å². The van der Waals surface area contributed by atoms with Crippen LogP contribution in [0.4, 0.5) is 0 Å². The van der Waals surface area contributed by atoms with Crippen molar-refractivity contribution in [3.05, 3.63) is 54.1 Å². The van der Waals surface area contributed by atoms with Crippen molar-refractivity contribution >= 4 is 148 Å². The number of carboxylic acid groups (broad SMARTS) is 3. The lowest BCUT2D eigenvalue weighted by atomic mass is 9.97. The Bertz CT molecular complexity index is 4930. The maximum Gasteiger partial charge on any atom is 0.326 e. The van der Waals surface area contributed by atoms with Crippen molar-refractivity contribution in [1.82, 2.24) is 127 Å². The van der Waals surface area contributed by atoms with Crippen LogP contribution in [-0.4, -0.2) is 326 Å². The van der Waals surface area contributed by atoms with Crippen LogP contribution in [-0.2, 0) is 118 Å². The summed E-state index contributed by atoms with van der Waals surface area (Å²) in [4.78, 5) is 307. The molecule has 838 valence electrons. The molecule has 1 aromatic heterocycles. The molecule has 2 aromatic rings. The standard InChI is InChI=1S/C93H155N31O26/c1-43(2)33-61(118-84(143)64(36-54-23-18-17-19-24-54)113-67(127)41-106-79(138)59(28-29-68(128)129)116-81(140)58(26-21-31-103-92(97)98)114-76(135)51(14)109-74(133)50(13)110-78(137)56(94)38-69(130)131)82(141)112-52(15)77(136)124-72(53(16)125)89(148)121-63(35-45(5)6)86(145)122-71(47(9)10)88(147)123-70(46(7)8)87(146)120-62(34-44(3)4)83(142)119-65(37-55-39-101-42-107-55)85(144)115-57(25-20-30-102-91(95)96)80(139)111-48(11)73(132)105-40-66(126)108-49(12)75(134)117-60(90(149)150)27-22-32-104-93(99)100/h17-19,23-24,39,42-53,56-65,70-72,125H,20-22,25-38,40-41,94H2,1-16H3,(H,101,107)(H,105,132)(H,106,138)(H,108,126)(H,109,133)(H,110,137)(H,111,139)(H,112,141)(H,113,127)(H,114,135)(H,115,144)(H,116,140)(H,117,134)(H,118,143)(H,119,142)(H,120,146)(H,121,148)(H,122,145)(H,123,147)(H,124,136)(H,128,129)(H,130,131)(H,149,150)(H4,95,96,102)(H4,97,98,103)(H4,99,100,104)/t48-,49-,50-,51-,52-,53+,56-,57-,58-,59-,60-,61-,62-,63-,64-,65-,70-,71-,72-/m0/s1. The van der Waals surface area contributed by atoms with E-state index in [4.69, 9.17) is 44.3 Å². The summed E-state index contributed by atoms with van der Waals surface area (Å²) in [6.45, 7) is 22.4. The second-order valence-corrected chi connectivity index (χ2v) is 38.2. The molecule has 2 rings (SSSR count). The van der Waals surface area contributed by atoms with Gasteiger partial charge in [-0.1, -0.05) is 99.6 Å². The molecule has 0 aliphatic rings. The number of carbonyl (C=O) groups excluding carboxylic acids is 19. The predicted molar refractivity (Wildman–Crippen MR) is 542 cm³/mol. The highest BCUT2D eigenvalue weighted by atomic mass is 16.4. The number of aromatic amines is 1. The minimum atomic E-state index is -1.85. The number of amides is 19. The van der Waals surface area contributed by atoms with E-state index in [9.17, 15) is 121 Å². The summed E-state index contributed by atoms with van der Waals surface area (Å²) in [7, 11) is 0. The Labute approximate surface area is 868 Å². The first-order valence-corrected chi connectivity index (χ1v) is 49.2. The van der Waals surface area contributed by atoms with Crippen molar-refractivity contribution in [3.8, 4) is 0 Å². The maximum atomic E-state index is 14.7. The van der Waals surface area contributed by atoms with Crippen LogP contribution < -0.4 is 140 Å². The molecule has 57 heteroatoms. The number of aliphatic carboxylic acids is 3. The minimum Gasteiger partial charge on any atom is -0.481 e. The summed E-state index contributed by atoms with van der Waals surface area (Å²) in [6.07, 6.45) is -2.08. The molecule has 19 atom stereocenters. The maximum absolute atomic E-state index is 14.7. The summed E-state index contributed by atoms with van der Waals surface area (Å²) in [5.74, 6) is -26.3. The molecule has 0 saturated heterocycles. The Morgan fingerprint density at radius 1 is 0.333 bits per heavy atom. The van der Waals surface area contributed by atoms with Gasteiger partial charge in [0.25, 0.3) is 0 Å². The number of guanidine groups is 3. The van der Waals surface area contributed by atoms with E-state index in [1.165, 1.54) is 47.1 Å². The molecule has 38 N–H and O–H groups in total. The fourth-order valence-corrected chi connectivity index (χ4v) is 14.4. The number of carbonyl (C=O) groups is 22. The van der Waals surface area contributed by atoms with Crippen molar-refractivity contribution < 1.29 is 126 Å². The zero-order valence-electron chi connectivity index (χ0n) is 87.4. The van der Waals surface area contributed by atoms with Gasteiger partial charge in [-0.05, 0) is 141 Å². The van der Waals surface area contributed by atoms with Gasteiger partial charge in [0.05, 0.1) is 38.0 Å². The Kier molecular flexibility index (Phi) is 58.0. The number of nitrogens with one attached hydrogen (secondary N) is 26. The first-order valence-electron chi connectivity index (χ1n) is 49.2. The molecule has 0 bridgehead atoms. The van der Waals surface area contributed by atoms with Crippen LogP contribution in [0.25, 0.3) is 0 Å². The number of aliphatic hydroxyl groups excluding tert-OH is 1. The van der Waals surface area contributed by atoms with Gasteiger partial charge in [-0.2, -0.15) is 0 Å². The monoisotopic (exact) mass is 2120 g/mol. The van der Waals surface area contributed by atoms with Crippen molar-refractivity contribution in [2.24, 2.45) is 52.5 Å². The highest BCUT2D eigenvalue weighted by molar-refractivity contribution is 6.02. The van der Waals surface area contributed by atoms with Gasteiger partial charge in [0.2, 0.25) is 112 Å². The Morgan fingerprint density at radius 3 is 1.08 bits per heavy atom. The van der Waals surface area contributed by atoms with Crippen LogP contribution in [0, 0.1) is 45.8 Å². The molecule has 0 aliphatic carbocycles. The second-order valence-electron chi connectivity index (χ2n) is 38.2. The minimum absolute atomic E-state index is 0.0154. The first-order chi connectivity index (χ1) is 70.1. The number of hydrogen-bond donors (Lipinski definition) is 34. The predicted octanol–water partition coefficient (Wildman–Crippen LogP) is -8.86. The molecule has 0 fully saturated rings. The third-order valence-corrected chi connectivity index (χ3v) is 22.6. The molecule has 0 aliphatic heterocycles. The lowest BCUT2D eigenvalue weighted by molar-refractivity contribution is -0.142. The molecule has 1 aromatic carbocycles. The fraction of sp³-hybridized carbons (Fsp3) is 0.634. The van der Waals surface area contributed by atoms with Crippen LogP contribution in [0.5, 0.6) is 0 Å². The number of carboxylic acids is 3. The van der Waals surface area contributed by atoms with Gasteiger partial charge < -0.3 is 165 Å². The number of imidazole rings is 1. The largest absolute Gasteiger partial charge is 0.481 e. The quantitative estimate of drug-likeness (QED) is 0.0166. The third kappa shape index (κ3) is 51.2. The second kappa shape index (κ2) is 66.7. The SMILES string of the molecule is CC(C)C[C@H](NC(=O)[C@H](Cc1ccccc1)NC(=O)CNC(=O)[C@H](CCC(=O)O)NC(=O)[C@H](CCCNC(=N)N)NC(=O)[C@H](C)NC(=O)[C@H](C)NC(=O)[C@@H](N)CC(=O)O)C(=O)N[C@@H](C)C(=O)N[C@H](C(=O)N[C@@H](CC(C)C)C(=O)N[C@H](C(=O)N[C@H](C(=O)N[C@@H](CC(C)C)C(=O)N[C@@H](Cc1cnc[nH]1)C(=O)N[C@@H](CCCNC(=N)N)C(=O)N[C@@H](C)C(=O)NCC(=O)N[C@@H](C)C(=O)N[C@@H](CCCNC(=N)N)C(=O)O)C(C)C)C(C)C)[C@@H](C)O. The molecule has 0 saturated carbocycles. The lowest BCUT2D eigenvalue weighted by Gasteiger charge is -2.31. The van der Waals surface area contributed by atoms with Gasteiger partial charge in [-0.3, -0.25) is 117 Å². The summed E-state index contributed by atoms with van der Waals surface area (Å²) >= 11 is 0. The van der Waals surface area contributed by atoms with E-state index in [0.29, 0.717) is 11.3 Å². The van der Waals surface area contributed by atoms with Crippen LogP contribution in [0.3, 0.4) is 0 Å². The number of rotatable bonds is 69. The van der Waals surface area contributed by atoms with Gasteiger partial charge in [-0.15, -0.1) is 0 Å². The molecular weight excluding hydrogens is 1970 g/mol. The van der Waals surface area contributed by atoms with E-state index in [1.54, 1.807) is 99.6 Å². The number of nitrogens with zero attached hydrogens (tertiary/aromatic N) is 1. The van der Waals surface area contributed by atoms with Gasteiger partial charge in [0.1, 0.15) is 103 Å². The number of H-pyrrole nitrogens is 1. The number of aliphatic hydroxyl groups is 1. The van der Waals surface area contributed by atoms with Gasteiger partial charge in [-0.25, -0.2) is 9.78 Å². The van der Waals surface area contributed by atoms with Crippen LogP contribution in [0.2, 0.25) is 0 Å². The zero-order valence-corrected chi connectivity index (χ0v) is 87.4. The van der Waals surface area contributed by atoms with Crippen molar-refractivity contribution in [2.45, 2.75) is 316 Å². The van der Waals surface area contributed by atoms with Crippen LogP contribution in [0.15, 0.2) is 42.9 Å². The van der Waals surface area contributed by atoms with Gasteiger partial charge in [0.15, 0.2) is 17.9 Å². The number of nitrogens with two attached hydrogens (primary N) is 4. The van der Waals surface area contributed by atoms with Crippen molar-refractivity contribution in [2.75, 3.05) is 32.7 Å². The summed E-state index contributed by atoms with van der Waals surface area (Å²) in [5, 5.41) is 116. The molecule has 150 heavy (non-hydrogen) atoms. The number of aromatic nitrogens is 2. The van der Waals surface area contributed by atoms with Crippen LogP contribution >= 0.6 is 0 Å². The van der Waals surface area contributed by atoms with E-state index in [0.717, 1.165) is 6.92 Å². The average molecular weight is 2120 g/mol. The first kappa shape index (κ1) is 131. The Morgan fingerprint density at radius 2 is 0.653 bits per heavy atom. The molecule has 0 radical (unpaired) electrons. The molecule has 19 amide bonds. The molecule has 0 spiro atoms. The summed E-state index contributed by atoms with van der Waals surface area (Å²) < 4.78 is 0.